The number of nitrogens with one attached hydrogen (secondary N) is 1. The van der Waals surface area contributed by atoms with Gasteiger partial charge in [-0.25, -0.2) is 4.79 Å². The maximum atomic E-state index is 11.2. The van der Waals surface area contributed by atoms with Gasteiger partial charge in [-0.2, -0.15) is 0 Å². The lowest BCUT2D eigenvalue weighted by molar-refractivity contribution is 0.938. The van der Waals surface area contributed by atoms with Gasteiger partial charge < -0.3 is 0 Å². The predicted molar refractivity (Wildman–Crippen MR) is 60.0 cm³/mol. The first-order valence-corrected chi connectivity index (χ1v) is 7.97. The molecule has 1 rings (SSSR count). The second-order valence-electron chi connectivity index (χ2n) is 4.20. The lowest BCUT2D eigenvalue weighted by atomic mass is 10.6. The molecule has 0 amide bonds. The Balaban J connectivity index is 3.05. The topological polar surface area (TPSA) is 54.9 Å². The smallest absolute Gasteiger partial charge is 0.277 e. The number of nitrogens with zero attached hydrogens (tertiary/aromatic N) is 1. The Hall–Kier alpha value is -1.36. The van der Waals surface area contributed by atoms with Crippen LogP contribution in [-0.2, 0) is 0 Å². The molecule has 0 aliphatic rings. The number of H-pyrrole nitrogens is 1. The second-order valence-corrected chi connectivity index (χ2v) is 9.26. The average molecular weight is 210 g/mol. The maximum absolute atomic E-state index is 11.2. The van der Waals surface area contributed by atoms with Crippen molar-refractivity contribution in [2.24, 2.45) is 0 Å². The predicted octanol–water partition coefficient (Wildman–Crippen LogP) is 0.885. The molecule has 0 spiro atoms. The lowest BCUT2D eigenvalue weighted by Gasteiger charge is -2.08. The van der Waals surface area contributed by atoms with E-state index in [1.54, 1.807) is 6.20 Å². The summed E-state index contributed by atoms with van der Waals surface area (Å²) in [6.45, 7) is 6.50. The van der Waals surface area contributed by atoms with Gasteiger partial charge in [0.25, 0.3) is 5.56 Å². The Kier molecular flexibility index (Phi) is 2.90. The summed E-state index contributed by atoms with van der Waals surface area (Å²) in [5.74, 6) is 0. The molecule has 1 N–H and O–H groups in total. The largest absolute Gasteiger partial charge is 0.332 e. The van der Waals surface area contributed by atoms with Crippen LogP contribution >= 0.6 is 0 Å². The molecule has 0 aliphatic carbocycles. The highest BCUT2D eigenvalue weighted by Gasteiger charge is 2.06. The van der Waals surface area contributed by atoms with Crippen LogP contribution in [0.4, 0.5) is 0 Å². The first-order valence-electron chi connectivity index (χ1n) is 4.39. The quantitative estimate of drug-likeness (QED) is 0.737. The average Bonchev–Trinajstić information content (AvgIpc) is 2.00. The minimum absolute atomic E-state index is 0.368. The SMILES string of the molecule is C[Si](C)(C)C=Cn1ccc(=O)[nH]c1=O. The fourth-order valence-corrected chi connectivity index (χ4v) is 1.46. The van der Waals surface area contributed by atoms with Crippen LogP contribution < -0.4 is 11.2 Å². The van der Waals surface area contributed by atoms with Crippen molar-refractivity contribution in [2.75, 3.05) is 0 Å². The zero-order valence-electron chi connectivity index (χ0n) is 8.57. The van der Waals surface area contributed by atoms with E-state index in [-0.39, 0.29) is 5.56 Å². The number of hydrogen-bond acceptors (Lipinski definition) is 2. The molecule has 0 saturated heterocycles. The van der Waals surface area contributed by atoms with E-state index in [9.17, 15) is 9.59 Å². The minimum atomic E-state index is -1.31. The van der Waals surface area contributed by atoms with Gasteiger partial charge in [-0.15, -0.1) is 0 Å². The lowest BCUT2D eigenvalue weighted by Crippen LogP contribution is -2.26. The van der Waals surface area contributed by atoms with E-state index in [0.717, 1.165) is 0 Å². The van der Waals surface area contributed by atoms with Gasteiger partial charge >= 0.3 is 5.69 Å². The van der Waals surface area contributed by atoms with Crippen LogP contribution in [0.2, 0.25) is 19.6 Å². The highest BCUT2D eigenvalue weighted by atomic mass is 28.3. The molecule has 0 aliphatic heterocycles. The monoisotopic (exact) mass is 210 g/mol. The molecule has 1 heterocycles. The molecule has 0 radical (unpaired) electrons. The molecule has 0 bridgehead atoms. The van der Waals surface area contributed by atoms with Crippen molar-refractivity contribution in [3.05, 3.63) is 38.8 Å². The first kappa shape index (κ1) is 10.7. The van der Waals surface area contributed by atoms with E-state index in [0.29, 0.717) is 0 Å². The van der Waals surface area contributed by atoms with Crippen LogP contribution in [-0.4, -0.2) is 17.6 Å². The van der Waals surface area contributed by atoms with E-state index in [1.165, 1.54) is 16.8 Å². The van der Waals surface area contributed by atoms with Gasteiger partial charge in [0.2, 0.25) is 0 Å². The molecular weight excluding hydrogens is 196 g/mol. The Morgan fingerprint density at radius 1 is 1.36 bits per heavy atom. The van der Waals surface area contributed by atoms with E-state index >= 15 is 0 Å². The molecule has 76 valence electrons. The van der Waals surface area contributed by atoms with Crippen LogP contribution in [0.5, 0.6) is 0 Å². The maximum Gasteiger partial charge on any atom is 0.332 e. The highest BCUT2D eigenvalue weighted by Crippen LogP contribution is 2.01. The third-order valence-corrected chi connectivity index (χ3v) is 2.74. The molecule has 14 heavy (non-hydrogen) atoms. The molecule has 0 saturated carbocycles. The summed E-state index contributed by atoms with van der Waals surface area (Å²) >= 11 is 0. The van der Waals surface area contributed by atoms with Crippen molar-refractivity contribution in [1.82, 2.24) is 9.55 Å². The Morgan fingerprint density at radius 3 is 2.50 bits per heavy atom. The van der Waals surface area contributed by atoms with Crippen molar-refractivity contribution >= 4 is 14.3 Å². The van der Waals surface area contributed by atoms with Gasteiger partial charge in [0.15, 0.2) is 0 Å². The third-order valence-electron chi connectivity index (χ3n) is 1.59. The van der Waals surface area contributed by atoms with E-state index in [1.807, 2.05) is 5.70 Å². The minimum Gasteiger partial charge on any atom is -0.277 e. The van der Waals surface area contributed by atoms with Gasteiger partial charge in [-0.3, -0.25) is 14.3 Å². The summed E-state index contributed by atoms with van der Waals surface area (Å²) in [7, 11) is -1.31. The van der Waals surface area contributed by atoms with Gasteiger partial charge in [-0.05, 0) is 0 Å². The van der Waals surface area contributed by atoms with Crippen molar-refractivity contribution in [3.8, 4) is 0 Å². The van der Waals surface area contributed by atoms with E-state index in [4.69, 9.17) is 0 Å². The number of aromatic nitrogens is 2. The van der Waals surface area contributed by atoms with Crippen LogP contribution in [0.15, 0.2) is 27.6 Å². The molecule has 0 fully saturated rings. The molecule has 0 atom stereocenters. The highest BCUT2D eigenvalue weighted by molar-refractivity contribution is 6.81. The number of rotatable bonds is 2. The van der Waals surface area contributed by atoms with Gasteiger partial charge in [0, 0.05) is 18.5 Å². The van der Waals surface area contributed by atoms with Gasteiger partial charge in [0.1, 0.15) is 0 Å². The van der Waals surface area contributed by atoms with Gasteiger partial charge in [-0.1, -0.05) is 25.3 Å². The molecule has 1 aromatic rings. The van der Waals surface area contributed by atoms with Crippen LogP contribution in [0.3, 0.4) is 0 Å². The standard InChI is InChI=1S/C9H14N2O2Si/c1-14(2,3)7-6-11-5-4-8(12)10-9(11)13/h4-7H,1-3H3,(H,10,12,13). The van der Waals surface area contributed by atoms with Crippen LogP contribution in [0, 0.1) is 0 Å². The fourth-order valence-electron chi connectivity index (χ4n) is 0.849. The Labute approximate surface area is 82.9 Å². The zero-order chi connectivity index (χ0) is 10.8. The second kappa shape index (κ2) is 3.79. The molecule has 0 aromatic carbocycles. The summed E-state index contributed by atoms with van der Waals surface area (Å²) in [4.78, 5) is 24.2. The summed E-state index contributed by atoms with van der Waals surface area (Å²) in [5, 5.41) is 0. The zero-order valence-corrected chi connectivity index (χ0v) is 9.57. The molecule has 5 heteroatoms. The van der Waals surface area contributed by atoms with Crippen molar-refractivity contribution in [3.63, 3.8) is 0 Å². The Morgan fingerprint density at radius 2 is 2.00 bits per heavy atom. The molecule has 1 aromatic heterocycles. The summed E-state index contributed by atoms with van der Waals surface area (Å²) in [6, 6.07) is 1.33. The van der Waals surface area contributed by atoms with Gasteiger partial charge in [0.05, 0.1) is 8.07 Å². The van der Waals surface area contributed by atoms with E-state index in [2.05, 4.69) is 24.6 Å². The van der Waals surface area contributed by atoms with Crippen molar-refractivity contribution in [2.45, 2.75) is 19.6 Å². The summed E-state index contributed by atoms with van der Waals surface area (Å²) < 4.78 is 1.37. The number of hydrogen-bond donors (Lipinski definition) is 1. The fraction of sp³-hybridized carbons (Fsp3) is 0.333. The molecular formula is C9H14N2O2Si. The first-order chi connectivity index (χ1) is 6.38. The Bertz CT molecular complexity index is 451. The van der Waals surface area contributed by atoms with E-state index < -0.39 is 13.8 Å². The van der Waals surface area contributed by atoms with Crippen molar-refractivity contribution in [1.29, 1.82) is 0 Å². The van der Waals surface area contributed by atoms with Crippen molar-refractivity contribution < 1.29 is 0 Å². The number of aromatic amines is 1. The molecule has 4 nitrogen and oxygen atoms in total. The molecule has 0 unspecified atom stereocenters. The third kappa shape index (κ3) is 3.18. The normalized spacial score (nSPS) is 12.2. The summed E-state index contributed by atoms with van der Waals surface area (Å²) in [5.41, 5.74) is 1.27. The summed E-state index contributed by atoms with van der Waals surface area (Å²) in [6.07, 6.45) is 3.18. The van der Waals surface area contributed by atoms with Crippen LogP contribution in [0.25, 0.3) is 6.20 Å². The van der Waals surface area contributed by atoms with Crippen LogP contribution in [0.1, 0.15) is 0 Å².